The molecule has 5 nitrogen and oxygen atoms in total. The van der Waals surface area contributed by atoms with Crippen LogP contribution in [0.2, 0.25) is 0 Å². The number of carbonyl (C=O) groups is 1. The lowest BCUT2D eigenvalue weighted by Crippen LogP contribution is -2.28. The molecule has 2 N–H and O–H groups in total. The van der Waals surface area contributed by atoms with Crippen molar-refractivity contribution in [3.8, 4) is 0 Å². The molecule has 0 aliphatic rings. The van der Waals surface area contributed by atoms with E-state index in [2.05, 4.69) is 51.2 Å². The topological polar surface area (TPSA) is 66.9 Å². The number of nitrogens with zero attached hydrogens (tertiary/aromatic N) is 2. The lowest BCUT2D eigenvalue weighted by Gasteiger charge is -2.14. The maximum atomic E-state index is 12.2. The third kappa shape index (κ3) is 4.70. The molecule has 1 unspecified atom stereocenters. The number of anilines is 1. The van der Waals surface area contributed by atoms with Crippen LogP contribution >= 0.6 is 23.1 Å². The van der Waals surface area contributed by atoms with Gasteiger partial charge in [-0.3, -0.25) is 4.79 Å². The van der Waals surface area contributed by atoms with E-state index in [0.717, 1.165) is 21.6 Å². The number of carbonyl (C=O) groups excluding carboxylic acids is 1. The fourth-order valence-electron chi connectivity index (χ4n) is 2.46. The van der Waals surface area contributed by atoms with Crippen LogP contribution in [0.1, 0.15) is 25.5 Å². The van der Waals surface area contributed by atoms with Gasteiger partial charge in [0.25, 0.3) is 0 Å². The van der Waals surface area contributed by atoms with E-state index in [4.69, 9.17) is 0 Å². The second-order valence-corrected chi connectivity index (χ2v) is 7.79. The number of aromatic nitrogens is 2. The predicted octanol–water partition coefficient (Wildman–Crippen LogP) is 4.09. The summed E-state index contributed by atoms with van der Waals surface area (Å²) in [6.45, 7) is 4.82. The Bertz CT molecular complexity index is 865. The van der Waals surface area contributed by atoms with Crippen LogP contribution in [-0.2, 0) is 4.79 Å². The number of rotatable bonds is 7. The molecule has 0 aliphatic carbocycles. The van der Waals surface area contributed by atoms with Crippen molar-refractivity contribution in [2.45, 2.75) is 24.2 Å². The molecule has 0 bridgehead atoms. The minimum atomic E-state index is -0.0376. The van der Waals surface area contributed by atoms with Gasteiger partial charge in [-0.1, -0.05) is 59.5 Å². The first-order valence-electron chi connectivity index (χ1n) is 8.14. The number of benzene rings is 2. The van der Waals surface area contributed by atoms with Crippen LogP contribution in [0.25, 0.3) is 10.8 Å². The molecule has 0 radical (unpaired) electrons. The van der Waals surface area contributed by atoms with Gasteiger partial charge in [0.15, 0.2) is 4.34 Å². The minimum absolute atomic E-state index is 0.00846. The summed E-state index contributed by atoms with van der Waals surface area (Å²) in [6, 6.07) is 14.5. The van der Waals surface area contributed by atoms with Crippen LogP contribution in [0.5, 0.6) is 0 Å². The Kier molecular flexibility index (Phi) is 5.88. The number of nitrogens with one attached hydrogen (secondary N) is 2. The Morgan fingerprint density at radius 2 is 2.00 bits per heavy atom. The number of thioether (sulfide) groups is 1. The van der Waals surface area contributed by atoms with Crippen molar-refractivity contribution in [2.75, 3.05) is 17.6 Å². The van der Waals surface area contributed by atoms with E-state index in [0.29, 0.717) is 5.75 Å². The van der Waals surface area contributed by atoms with Gasteiger partial charge in [0.2, 0.25) is 11.0 Å². The molecule has 1 heterocycles. The second kappa shape index (κ2) is 8.31. The summed E-state index contributed by atoms with van der Waals surface area (Å²) in [7, 11) is 0. The van der Waals surface area contributed by atoms with E-state index in [1.165, 1.54) is 33.9 Å². The Balaban J connectivity index is 1.55. The zero-order valence-electron chi connectivity index (χ0n) is 14.2. The SMILES string of the molecule is CCNc1nnc(SCC(=O)NC(C)c2ccc3ccccc3c2)s1. The average molecular weight is 373 g/mol. The van der Waals surface area contributed by atoms with Gasteiger partial charge in [0.1, 0.15) is 0 Å². The molecule has 0 fully saturated rings. The number of hydrogen-bond donors (Lipinski definition) is 2. The van der Waals surface area contributed by atoms with Crippen molar-refractivity contribution in [1.29, 1.82) is 0 Å². The van der Waals surface area contributed by atoms with Crippen molar-refractivity contribution < 1.29 is 4.79 Å². The molecule has 1 amide bonds. The molecule has 0 saturated heterocycles. The van der Waals surface area contributed by atoms with Gasteiger partial charge >= 0.3 is 0 Å². The summed E-state index contributed by atoms with van der Waals surface area (Å²) in [5.74, 6) is 0.324. The van der Waals surface area contributed by atoms with Gasteiger partial charge in [-0.25, -0.2) is 0 Å². The van der Waals surface area contributed by atoms with Gasteiger partial charge < -0.3 is 10.6 Å². The van der Waals surface area contributed by atoms with Crippen molar-refractivity contribution in [3.63, 3.8) is 0 Å². The molecule has 1 aromatic heterocycles. The maximum Gasteiger partial charge on any atom is 0.230 e. The summed E-state index contributed by atoms with van der Waals surface area (Å²) in [5, 5.41) is 17.4. The molecular weight excluding hydrogens is 352 g/mol. The first-order chi connectivity index (χ1) is 12.2. The minimum Gasteiger partial charge on any atom is -0.360 e. The number of fused-ring (bicyclic) bond motifs is 1. The van der Waals surface area contributed by atoms with Crippen LogP contribution in [0.15, 0.2) is 46.8 Å². The summed E-state index contributed by atoms with van der Waals surface area (Å²) in [6.07, 6.45) is 0. The van der Waals surface area contributed by atoms with E-state index in [1.807, 2.05) is 26.0 Å². The molecule has 2 aromatic carbocycles. The Hall–Kier alpha value is -2.12. The lowest BCUT2D eigenvalue weighted by molar-refractivity contribution is -0.119. The highest BCUT2D eigenvalue weighted by Gasteiger charge is 2.12. The van der Waals surface area contributed by atoms with Gasteiger partial charge in [0, 0.05) is 6.54 Å². The second-order valence-electron chi connectivity index (χ2n) is 5.59. The molecule has 130 valence electrons. The largest absolute Gasteiger partial charge is 0.360 e. The predicted molar refractivity (Wildman–Crippen MR) is 105 cm³/mol. The highest BCUT2D eigenvalue weighted by Crippen LogP contribution is 2.25. The molecule has 0 saturated carbocycles. The summed E-state index contributed by atoms with van der Waals surface area (Å²) in [4.78, 5) is 12.2. The first kappa shape index (κ1) is 17.7. The monoisotopic (exact) mass is 372 g/mol. The molecular formula is C18H20N4OS2. The standard InChI is InChI=1S/C18H20N4OS2/c1-3-19-17-21-22-18(25-17)24-11-16(23)20-12(2)14-9-8-13-6-4-5-7-15(13)10-14/h4-10,12H,3,11H2,1-2H3,(H,19,21)(H,20,23). The molecule has 3 aromatic rings. The van der Waals surface area contributed by atoms with Gasteiger partial charge in [-0.2, -0.15) is 0 Å². The highest BCUT2D eigenvalue weighted by molar-refractivity contribution is 8.01. The van der Waals surface area contributed by atoms with Gasteiger partial charge in [0.05, 0.1) is 11.8 Å². The van der Waals surface area contributed by atoms with Crippen LogP contribution in [0.3, 0.4) is 0 Å². The van der Waals surface area contributed by atoms with Crippen molar-refractivity contribution >= 4 is 44.9 Å². The Morgan fingerprint density at radius 3 is 2.80 bits per heavy atom. The summed E-state index contributed by atoms with van der Waals surface area (Å²) < 4.78 is 0.796. The van der Waals surface area contributed by atoms with Crippen LogP contribution in [0, 0.1) is 0 Å². The van der Waals surface area contributed by atoms with Crippen LogP contribution in [-0.4, -0.2) is 28.4 Å². The third-order valence-electron chi connectivity index (χ3n) is 3.71. The van der Waals surface area contributed by atoms with E-state index in [-0.39, 0.29) is 11.9 Å². The van der Waals surface area contributed by atoms with Gasteiger partial charge in [-0.15, -0.1) is 10.2 Å². The molecule has 0 aliphatic heterocycles. The molecule has 0 spiro atoms. The van der Waals surface area contributed by atoms with E-state index in [9.17, 15) is 4.79 Å². The van der Waals surface area contributed by atoms with Crippen molar-refractivity contribution in [2.24, 2.45) is 0 Å². The highest BCUT2D eigenvalue weighted by atomic mass is 32.2. The third-order valence-corrected chi connectivity index (χ3v) is 5.73. The molecule has 1 atom stereocenters. The number of hydrogen-bond acceptors (Lipinski definition) is 6. The zero-order valence-corrected chi connectivity index (χ0v) is 15.8. The first-order valence-corrected chi connectivity index (χ1v) is 9.94. The Labute approximate surface area is 155 Å². The maximum absolute atomic E-state index is 12.2. The zero-order chi connectivity index (χ0) is 17.6. The average Bonchev–Trinajstić information content (AvgIpc) is 3.07. The molecule has 3 rings (SSSR count). The smallest absolute Gasteiger partial charge is 0.230 e. The quantitative estimate of drug-likeness (QED) is 0.612. The van der Waals surface area contributed by atoms with E-state index < -0.39 is 0 Å². The fourth-order valence-corrected chi connectivity index (χ4v) is 4.09. The Morgan fingerprint density at radius 1 is 1.20 bits per heavy atom. The summed E-state index contributed by atoms with van der Waals surface area (Å²) in [5.41, 5.74) is 1.10. The van der Waals surface area contributed by atoms with Crippen LogP contribution in [0.4, 0.5) is 5.13 Å². The van der Waals surface area contributed by atoms with Crippen molar-refractivity contribution in [3.05, 3.63) is 48.0 Å². The summed E-state index contributed by atoms with van der Waals surface area (Å²) >= 11 is 2.87. The van der Waals surface area contributed by atoms with Crippen LogP contribution < -0.4 is 10.6 Å². The molecule has 7 heteroatoms. The van der Waals surface area contributed by atoms with Gasteiger partial charge in [-0.05, 0) is 36.2 Å². The molecule has 25 heavy (non-hydrogen) atoms. The fraction of sp³-hybridized carbons (Fsp3) is 0.278. The van der Waals surface area contributed by atoms with Crippen molar-refractivity contribution in [1.82, 2.24) is 15.5 Å². The van der Waals surface area contributed by atoms with E-state index in [1.54, 1.807) is 0 Å². The normalized spacial score (nSPS) is 12.1. The number of amides is 1. The van der Waals surface area contributed by atoms with E-state index >= 15 is 0 Å². The lowest BCUT2D eigenvalue weighted by atomic mass is 10.0.